The van der Waals surface area contributed by atoms with Crippen molar-refractivity contribution in [2.24, 2.45) is 5.92 Å². The predicted octanol–water partition coefficient (Wildman–Crippen LogP) is 3.47. The van der Waals surface area contributed by atoms with Gasteiger partial charge in [-0.15, -0.1) is 0 Å². The summed E-state index contributed by atoms with van der Waals surface area (Å²) >= 11 is 0. The average Bonchev–Trinajstić information content (AvgIpc) is 2.43. The van der Waals surface area contributed by atoms with Crippen LogP contribution < -0.4 is 9.46 Å². The molecular weight excluding hydrogens is 302 g/mol. The summed E-state index contributed by atoms with van der Waals surface area (Å²) in [5, 5.41) is 0. The molecule has 0 saturated carbocycles. The fraction of sp³-hybridized carbons (Fsp3) is 0.562. The van der Waals surface area contributed by atoms with Crippen molar-refractivity contribution in [3.05, 3.63) is 23.8 Å². The molecule has 0 saturated heterocycles. The van der Waals surface area contributed by atoms with Crippen molar-refractivity contribution < 1.29 is 17.9 Å². The van der Waals surface area contributed by atoms with Crippen LogP contribution in [0, 0.1) is 5.92 Å². The lowest BCUT2D eigenvalue weighted by Gasteiger charge is -2.15. The zero-order chi connectivity index (χ0) is 16.8. The van der Waals surface area contributed by atoms with Crippen molar-refractivity contribution in [3.63, 3.8) is 0 Å². The van der Waals surface area contributed by atoms with Gasteiger partial charge in [-0.1, -0.05) is 27.2 Å². The molecule has 6 heteroatoms. The van der Waals surface area contributed by atoms with E-state index >= 15 is 0 Å². The highest BCUT2D eigenvalue weighted by Gasteiger charge is 2.15. The molecule has 124 valence electrons. The van der Waals surface area contributed by atoms with Crippen LogP contribution in [0.3, 0.4) is 0 Å². The summed E-state index contributed by atoms with van der Waals surface area (Å²) in [7, 11) is -3.44. The van der Waals surface area contributed by atoms with Gasteiger partial charge in [-0.2, -0.15) is 0 Å². The minimum Gasteiger partial charge on any atom is -0.491 e. The highest BCUT2D eigenvalue weighted by atomic mass is 32.2. The summed E-state index contributed by atoms with van der Waals surface area (Å²) in [6.07, 6.45) is 1.38. The molecule has 0 aliphatic carbocycles. The second-order valence-electron chi connectivity index (χ2n) is 5.75. The predicted molar refractivity (Wildman–Crippen MR) is 89.1 cm³/mol. The maximum absolute atomic E-state index is 12.1. The number of carbonyl (C=O) groups excluding carboxylic acids is 1. The number of rotatable bonds is 9. The molecule has 1 N–H and O–H groups in total. The van der Waals surface area contributed by atoms with E-state index in [0.29, 0.717) is 35.9 Å². The van der Waals surface area contributed by atoms with Crippen LogP contribution in [0.4, 0.5) is 5.69 Å². The number of nitrogens with one attached hydrogen (secondary N) is 1. The Bertz CT molecular complexity index is 609. The summed E-state index contributed by atoms with van der Waals surface area (Å²) in [4.78, 5) is 11.5. The second kappa shape index (κ2) is 8.17. The van der Waals surface area contributed by atoms with Gasteiger partial charge in [-0.25, -0.2) is 8.42 Å². The van der Waals surface area contributed by atoms with E-state index in [1.807, 2.05) is 20.8 Å². The van der Waals surface area contributed by atoms with Crippen LogP contribution in [0.2, 0.25) is 0 Å². The van der Waals surface area contributed by atoms with Gasteiger partial charge in [0.25, 0.3) is 0 Å². The van der Waals surface area contributed by atoms with E-state index in [2.05, 4.69) is 4.72 Å². The molecule has 0 heterocycles. The topological polar surface area (TPSA) is 72.5 Å². The van der Waals surface area contributed by atoms with E-state index in [0.717, 1.165) is 6.42 Å². The average molecular weight is 327 g/mol. The first-order valence-corrected chi connectivity index (χ1v) is 9.18. The van der Waals surface area contributed by atoms with Gasteiger partial charge in [0, 0.05) is 5.56 Å². The summed E-state index contributed by atoms with van der Waals surface area (Å²) in [6.45, 7) is 7.87. The molecule has 1 aromatic carbocycles. The number of hydrogen-bond acceptors (Lipinski definition) is 4. The third kappa shape index (κ3) is 6.05. The quantitative estimate of drug-likeness (QED) is 0.705. The monoisotopic (exact) mass is 327 g/mol. The van der Waals surface area contributed by atoms with Gasteiger partial charge >= 0.3 is 0 Å². The Kier molecular flexibility index (Phi) is 6.87. The van der Waals surface area contributed by atoms with Crippen molar-refractivity contribution in [2.45, 2.75) is 40.5 Å². The maximum atomic E-state index is 12.1. The summed E-state index contributed by atoms with van der Waals surface area (Å²) in [5.41, 5.74) is 0.773. The molecule has 0 atom stereocenters. The number of ether oxygens (including phenoxy) is 1. The molecular formula is C16H25NO4S. The molecule has 5 nitrogen and oxygen atoms in total. The van der Waals surface area contributed by atoms with Crippen molar-refractivity contribution in [1.82, 2.24) is 0 Å². The highest BCUT2D eigenvalue weighted by molar-refractivity contribution is 7.92. The lowest BCUT2D eigenvalue weighted by molar-refractivity contribution is 0.101. The van der Waals surface area contributed by atoms with Crippen LogP contribution in [0.25, 0.3) is 0 Å². The van der Waals surface area contributed by atoms with E-state index in [1.54, 1.807) is 12.1 Å². The molecule has 1 rings (SSSR count). The van der Waals surface area contributed by atoms with E-state index < -0.39 is 10.0 Å². The molecule has 0 spiro atoms. The number of benzene rings is 1. The first-order valence-electron chi connectivity index (χ1n) is 7.53. The minimum atomic E-state index is -3.44. The number of hydrogen-bond donors (Lipinski definition) is 1. The zero-order valence-corrected chi connectivity index (χ0v) is 14.5. The smallest absolute Gasteiger partial charge is 0.232 e. The number of Topliss-reactive ketones (excluding diaryl/α,β-unsaturated/α-hetero) is 1. The Morgan fingerprint density at radius 1 is 1.32 bits per heavy atom. The summed E-state index contributed by atoms with van der Waals surface area (Å²) < 4.78 is 32.3. The van der Waals surface area contributed by atoms with Crippen molar-refractivity contribution >= 4 is 21.5 Å². The number of ketones is 1. The maximum Gasteiger partial charge on any atom is 0.232 e. The van der Waals surface area contributed by atoms with E-state index in [4.69, 9.17) is 4.74 Å². The molecule has 0 aliphatic heterocycles. The summed E-state index contributed by atoms with van der Waals surface area (Å²) in [6, 6.07) is 4.81. The molecule has 0 bridgehead atoms. The summed E-state index contributed by atoms with van der Waals surface area (Å²) in [5.74, 6) is 0.692. The third-order valence-electron chi connectivity index (χ3n) is 2.99. The molecule has 0 aliphatic rings. The van der Waals surface area contributed by atoms with Gasteiger partial charge in [-0.3, -0.25) is 9.52 Å². The molecule has 0 unspecified atom stereocenters. The van der Waals surface area contributed by atoms with Crippen LogP contribution in [0.1, 0.15) is 50.9 Å². The Morgan fingerprint density at radius 3 is 2.55 bits per heavy atom. The van der Waals surface area contributed by atoms with Crippen molar-refractivity contribution in [2.75, 3.05) is 17.1 Å². The molecule has 0 amide bonds. The van der Waals surface area contributed by atoms with Crippen LogP contribution >= 0.6 is 0 Å². The van der Waals surface area contributed by atoms with Crippen molar-refractivity contribution in [1.29, 1.82) is 0 Å². The standard InChI is InChI=1S/C16H25NO4S/c1-5-6-9-22(19,20)17-15-10-14(13(4)18)7-8-16(15)21-11-12(2)3/h7-8,10,12,17H,5-6,9,11H2,1-4H3. The van der Waals surface area contributed by atoms with Crippen LogP contribution in [0.15, 0.2) is 18.2 Å². The Hall–Kier alpha value is -1.56. The fourth-order valence-electron chi connectivity index (χ4n) is 1.76. The Balaban J connectivity index is 3.05. The normalized spacial score (nSPS) is 11.5. The fourth-order valence-corrected chi connectivity index (χ4v) is 3.03. The zero-order valence-electron chi connectivity index (χ0n) is 13.7. The molecule has 22 heavy (non-hydrogen) atoms. The lowest BCUT2D eigenvalue weighted by atomic mass is 10.1. The van der Waals surface area contributed by atoms with Crippen LogP contribution in [0.5, 0.6) is 5.75 Å². The van der Waals surface area contributed by atoms with Gasteiger partial charge in [0.1, 0.15) is 5.75 Å². The first kappa shape index (κ1) is 18.5. The van der Waals surface area contributed by atoms with Crippen LogP contribution in [-0.4, -0.2) is 26.6 Å². The first-order chi connectivity index (χ1) is 10.2. The Labute approximate surface area is 133 Å². The van der Waals surface area contributed by atoms with Gasteiger partial charge < -0.3 is 4.74 Å². The largest absolute Gasteiger partial charge is 0.491 e. The molecule has 0 radical (unpaired) electrons. The number of anilines is 1. The van der Waals surface area contributed by atoms with Crippen molar-refractivity contribution in [3.8, 4) is 5.75 Å². The molecule has 0 fully saturated rings. The van der Waals surface area contributed by atoms with E-state index in [9.17, 15) is 13.2 Å². The van der Waals surface area contributed by atoms with Gasteiger partial charge in [0.2, 0.25) is 10.0 Å². The second-order valence-corrected chi connectivity index (χ2v) is 7.59. The van der Waals surface area contributed by atoms with Gasteiger partial charge in [-0.05, 0) is 37.5 Å². The van der Waals surface area contributed by atoms with Crippen LogP contribution in [-0.2, 0) is 10.0 Å². The Morgan fingerprint density at radius 2 is 2.00 bits per heavy atom. The molecule has 0 aromatic heterocycles. The number of sulfonamides is 1. The minimum absolute atomic E-state index is 0.0530. The lowest BCUT2D eigenvalue weighted by Crippen LogP contribution is -2.18. The van der Waals surface area contributed by atoms with E-state index in [-0.39, 0.29) is 11.5 Å². The number of unbranched alkanes of at least 4 members (excludes halogenated alkanes) is 1. The number of carbonyl (C=O) groups is 1. The highest BCUT2D eigenvalue weighted by Crippen LogP contribution is 2.28. The third-order valence-corrected chi connectivity index (χ3v) is 4.35. The molecule has 1 aromatic rings. The SMILES string of the molecule is CCCCS(=O)(=O)Nc1cc(C(C)=O)ccc1OCC(C)C. The van der Waals surface area contributed by atoms with E-state index in [1.165, 1.54) is 13.0 Å². The van der Waals surface area contributed by atoms with Gasteiger partial charge in [0.15, 0.2) is 5.78 Å². The van der Waals surface area contributed by atoms with Gasteiger partial charge in [0.05, 0.1) is 18.0 Å².